The Morgan fingerprint density at radius 3 is 2.52 bits per heavy atom. The molecule has 1 aliphatic rings. The van der Waals surface area contributed by atoms with Crippen LogP contribution in [-0.2, 0) is 6.54 Å². The lowest BCUT2D eigenvalue weighted by Crippen LogP contribution is -2.34. The van der Waals surface area contributed by atoms with Crippen molar-refractivity contribution in [2.75, 3.05) is 13.1 Å². The van der Waals surface area contributed by atoms with E-state index in [4.69, 9.17) is 0 Å². The third kappa shape index (κ3) is 3.62. The van der Waals surface area contributed by atoms with Crippen molar-refractivity contribution in [1.82, 2.24) is 15.1 Å². The molecular weight excluding hydrogens is 351 g/mol. The zero-order valence-electron chi connectivity index (χ0n) is 14.8. The molecule has 1 fully saturated rings. The average Bonchev–Trinajstić information content (AvgIpc) is 3.13. The number of nitrogens with one attached hydrogen (secondary N) is 1. The van der Waals surface area contributed by atoms with E-state index < -0.39 is 11.6 Å². The molecule has 0 aliphatic carbocycles. The van der Waals surface area contributed by atoms with Crippen LogP contribution < -0.4 is 0 Å². The molecule has 140 valence electrons. The van der Waals surface area contributed by atoms with E-state index in [1.165, 1.54) is 30.5 Å². The van der Waals surface area contributed by atoms with Gasteiger partial charge in [0.05, 0.1) is 11.8 Å². The van der Waals surface area contributed by atoms with Crippen LogP contribution in [0.25, 0.3) is 11.1 Å². The first-order chi connectivity index (χ1) is 13.1. The maximum absolute atomic E-state index is 14.2. The summed E-state index contributed by atoms with van der Waals surface area (Å²) in [5, 5.41) is 6.98. The molecule has 6 heteroatoms. The first-order valence-electron chi connectivity index (χ1n) is 9.07. The summed E-state index contributed by atoms with van der Waals surface area (Å²) in [6, 6.07) is 10.6. The summed E-state index contributed by atoms with van der Waals surface area (Å²) in [5.74, 6) is -1.36. The van der Waals surface area contributed by atoms with E-state index in [0.29, 0.717) is 24.2 Å². The predicted octanol–water partition coefficient (Wildman–Crippen LogP) is 4.87. The molecule has 27 heavy (non-hydrogen) atoms. The number of hydrogen-bond acceptors (Lipinski definition) is 2. The lowest BCUT2D eigenvalue weighted by atomic mass is 9.90. The minimum atomic E-state index is -0.600. The maximum atomic E-state index is 14.2. The molecule has 0 bridgehead atoms. The molecule has 1 saturated heterocycles. The van der Waals surface area contributed by atoms with Crippen molar-refractivity contribution in [3.05, 3.63) is 77.4 Å². The Morgan fingerprint density at radius 2 is 1.74 bits per heavy atom. The molecule has 3 nitrogen and oxygen atoms in total. The second kappa shape index (κ2) is 7.56. The normalized spacial score (nSPS) is 18.0. The van der Waals surface area contributed by atoms with Crippen molar-refractivity contribution in [1.29, 1.82) is 0 Å². The van der Waals surface area contributed by atoms with Crippen LogP contribution in [0.2, 0.25) is 0 Å². The van der Waals surface area contributed by atoms with E-state index in [9.17, 15) is 13.2 Å². The van der Waals surface area contributed by atoms with Gasteiger partial charge in [0.1, 0.15) is 17.5 Å². The highest BCUT2D eigenvalue weighted by Crippen LogP contribution is 2.35. The molecule has 1 unspecified atom stereocenters. The monoisotopic (exact) mass is 371 g/mol. The van der Waals surface area contributed by atoms with E-state index >= 15 is 0 Å². The van der Waals surface area contributed by atoms with E-state index in [0.717, 1.165) is 25.1 Å². The fraction of sp³-hybridized carbons (Fsp3) is 0.286. The van der Waals surface area contributed by atoms with E-state index in [-0.39, 0.29) is 17.3 Å². The molecule has 2 heterocycles. The number of piperidine rings is 1. The fourth-order valence-corrected chi connectivity index (χ4v) is 3.86. The summed E-state index contributed by atoms with van der Waals surface area (Å²) in [6.07, 6.45) is 3.29. The van der Waals surface area contributed by atoms with Crippen LogP contribution in [-0.4, -0.2) is 28.2 Å². The Morgan fingerprint density at radius 1 is 1.00 bits per heavy atom. The van der Waals surface area contributed by atoms with Crippen molar-refractivity contribution >= 4 is 0 Å². The number of nitrogens with zero attached hydrogens (tertiary/aromatic N) is 2. The van der Waals surface area contributed by atoms with E-state index in [2.05, 4.69) is 15.1 Å². The molecule has 4 rings (SSSR count). The molecule has 0 spiro atoms. The predicted molar refractivity (Wildman–Crippen MR) is 97.6 cm³/mol. The molecule has 1 aliphatic heterocycles. The molecule has 3 aromatic rings. The van der Waals surface area contributed by atoms with E-state index in [1.807, 2.05) is 6.07 Å². The van der Waals surface area contributed by atoms with Gasteiger partial charge < -0.3 is 0 Å². The Labute approximate surface area is 155 Å². The van der Waals surface area contributed by atoms with Crippen LogP contribution >= 0.6 is 0 Å². The molecule has 0 radical (unpaired) electrons. The topological polar surface area (TPSA) is 31.9 Å². The molecular formula is C21H20F3N3. The van der Waals surface area contributed by atoms with Crippen LogP contribution in [0.3, 0.4) is 0 Å². The van der Waals surface area contributed by atoms with Gasteiger partial charge in [-0.1, -0.05) is 24.3 Å². The van der Waals surface area contributed by atoms with Crippen molar-refractivity contribution in [3.63, 3.8) is 0 Å². The van der Waals surface area contributed by atoms with Gasteiger partial charge in [0.25, 0.3) is 0 Å². The zero-order chi connectivity index (χ0) is 18.8. The lowest BCUT2D eigenvalue weighted by molar-refractivity contribution is 0.196. The standard InChI is InChI=1S/C21H20F3N3/c22-17-7-2-1-5-14(17)12-27-10-4-6-15(13-27)21-16(11-25-26-21)20-18(23)8-3-9-19(20)24/h1-3,5,7-9,11,15H,4,6,10,12-13H2,(H,25,26). The minimum Gasteiger partial charge on any atom is -0.298 e. The SMILES string of the molecule is Fc1ccccc1CN1CCCC(c2[nH]ncc2-c2c(F)cccc2F)C1. The minimum absolute atomic E-state index is 0.0486. The number of rotatable bonds is 4. The number of hydrogen-bond donors (Lipinski definition) is 1. The third-order valence-corrected chi connectivity index (χ3v) is 5.17. The summed E-state index contributed by atoms with van der Waals surface area (Å²) in [6.45, 7) is 2.06. The molecule has 1 aromatic heterocycles. The van der Waals surface area contributed by atoms with Crippen molar-refractivity contribution in [2.24, 2.45) is 0 Å². The third-order valence-electron chi connectivity index (χ3n) is 5.17. The Hall–Kier alpha value is -2.60. The number of halogens is 3. The quantitative estimate of drug-likeness (QED) is 0.709. The molecule has 2 aromatic carbocycles. The number of aromatic nitrogens is 2. The van der Waals surface area contributed by atoms with Gasteiger partial charge in [-0.2, -0.15) is 5.10 Å². The number of likely N-dealkylation sites (tertiary alicyclic amines) is 1. The number of aromatic amines is 1. The van der Waals surface area contributed by atoms with Crippen LogP contribution in [0, 0.1) is 17.5 Å². The first-order valence-corrected chi connectivity index (χ1v) is 9.07. The second-order valence-electron chi connectivity index (χ2n) is 6.96. The maximum Gasteiger partial charge on any atom is 0.134 e. The summed E-state index contributed by atoms with van der Waals surface area (Å²) in [5.41, 5.74) is 1.80. The Kier molecular flexibility index (Phi) is 4.99. The first kappa shape index (κ1) is 17.8. The lowest BCUT2D eigenvalue weighted by Gasteiger charge is -2.32. The van der Waals surface area contributed by atoms with Crippen molar-refractivity contribution in [3.8, 4) is 11.1 Å². The summed E-state index contributed by atoms with van der Waals surface area (Å²) >= 11 is 0. The molecule has 1 N–H and O–H groups in total. The fourth-order valence-electron chi connectivity index (χ4n) is 3.86. The van der Waals surface area contributed by atoms with Crippen LogP contribution in [0.1, 0.15) is 30.0 Å². The molecule has 0 amide bonds. The highest BCUT2D eigenvalue weighted by molar-refractivity contribution is 5.67. The second-order valence-corrected chi connectivity index (χ2v) is 6.96. The van der Waals surface area contributed by atoms with Crippen molar-refractivity contribution in [2.45, 2.75) is 25.3 Å². The van der Waals surface area contributed by atoms with E-state index in [1.54, 1.807) is 12.1 Å². The highest BCUT2D eigenvalue weighted by atomic mass is 19.1. The van der Waals surface area contributed by atoms with Gasteiger partial charge in [-0.3, -0.25) is 10.00 Å². The van der Waals surface area contributed by atoms with Gasteiger partial charge in [-0.15, -0.1) is 0 Å². The Balaban J connectivity index is 1.58. The van der Waals surface area contributed by atoms with Gasteiger partial charge >= 0.3 is 0 Å². The summed E-state index contributed by atoms with van der Waals surface area (Å²) in [7, 11) is 0. The van der Waals surface area contributed by atoms with Crippen LogP contribution in [0.4, 0.5) is 13.2 Å². The zero-order valence-corrected chi connectivity index (χ0v) is 14.8. The largest absolute Gasteiger partial charge is 0.298 e. The highest BCUT2D eigenvalue weighted by Gasteiger charge is 2.27. The van der Waals surface area contributed by atoms with Crippen LogP contribution in [0.5, 0.6) is 0 Å². The van der Waals surface area contributed by atoms with Gasteiger partial charge in [-0.25, -0.2) is 13.2 Å². The van der Waals surface area contributed by atoms with Gasteiger partial charge in [-0.05, 0) is 37.6 Å². The molecule has 1 atom stereocenters. The number of H-pyrrole nitrogens is 1. The Bertz CT molecular complexity index is 918. The number of benzene rings is 2. The van der Waals surface area contributed by atoms with Crippen LogP contribution in [0.15, 0.2) is 48.7 Å². The summed E-state index contributed by atoms with van der Waals surface area (Å²) < 4.78 is 42.4. The van der Waals surface area contributed by atoms with Gasteiger partial charge in [0.15, 0.2) is 0 Å². The average molecular weight is 371 g/mol. The summed E-state index contributed by atoms with van der Waals surface area (Å²) in [4.78, 5) is 2.18. The molecule has 0 saturated carbocycles. The van der Waals surface area contributed by atoms with Gasteiger partial charge in [0.2, 0.25) is 0 Å². The van der Waals surface area contributed by atoms with Crippen molar-refractivity contribution < 1.29 is 13.2 Å². The van der Waals surface area contributed by atoms with Gasteiger partial charge in [0, 0.05) is 35.8 Å². The smallest absolute Gasteiger partial charge is 0.134 e.